The fraction of sp³-hybridized carbons (Fsp3) is 0.235. The van der Waals surface area contributed by atoms with Crippen LogP contribution < -0.4 is 14.4 Å². The van der Waals surface area contributed by atoms with E-state index < -0.39 is 27.9 Å². The monoisotopic (exact) mass is 366 g/mol. The van der Waals surface area contributed by atoms with Gasteiger partial charge in [-0.3, -0.25) is 9.10 Å². The minimum absolute atomic E-state index is 0.0769. The van der Waals surface area contributed by atoms with Crippen molar-refractivity contribution in [2.75, 3.05) is 22.9 Å². The summed E-state index contributed by atoms with van der Waals surface area (Å²) < 4.78 is 43.2. The van der Waals surface area contributed by atoms with E-state index in [2.05, 4.69) is 5.32 Å². The Bertz CT molecular complexity index is 853. The number of hydrogen-bond donors (Lipinski definition) is 1. The summed E-state index contributed by atoms with van der Waals surface area (Å²) in [4.78, 5) is 12.1. The lowest BCUT2D eigenvalue weighted by Gasteiger charge is -2.18. The third-order valence-corrected chi connectivity index (χ3v) is 4.72. The lowest BCUT2D eigenvalue weighted by molar-refractivity contribution is -0.122. The SMILES string of the molecule is C[C@H](Oc1ccc(N(C)S(C)(=O)=O)cc1)C(=O)Nc1ccccc1F. The van der Waals surface area contributed by atoms with Crippen molar-refractivity contribution < 1.29 is 22.3 Å². The fourth-order valence-corrected chi connectivity index (χ4v) is 2.49. The second-order valence-corrected chi connectivity index (χ2v) is 7.47. The van der Waals surface area contributed by atoms with Crippen LogP contribution in [0.25, 0.3) is 0 Å². The van der Waals surface area contributed by atoms with E-state index in [9.17, 15) is 17.6 Å². The van der Waals surface area contributed by atoms with E-state index in [1.54, 1.807) is 30.3 Å². The molecule has 0 unspecified atom stereocenters. The first-order chi connectivity index (χ1) is 11.7. The maximum absolute atomic E-state index is 13.5. The molecule has 1 atom stereocenters. The largest absolute Gasteiger partial charge is 0.481 e. The van der Waals surface area contributed by atoms with Gasteiger partial charge in [0.25, 0.3) is 5.91 Å². The number of benzene rings is 2. The second kappa shape index (κ2) is 7.52. The van der Waals surface area contributed by atoms with Gasteiger partial charge in [0.1, 0.15) is 11.6 Å². The highest BCUT2D eigenvalue weighted by Crippen LogP contribution is 2.21. The van der Waals surface area contributed by atoms with Crippen LogP contribution >= 0.6 is 0 Å². The molecule has 0 fully saturated rings. The molecule has 6 nitrogen and oxygen atoms in total. The number of nitrogens with one attached hydrogen (secondary N) is 1. The molecule has 0 heterocycles. The second-order valence-electron chi connectivity index (χ2n) is 5.45. The number of anilines is 2. The Balaban J connectivity index is 2.02. The molecule has 0 aliphatic rings. The van der Waals surface area contributed by atoms with Crippen molar-refractivity contribution >= 4 is 27.3 Å². The zero-order chi connectivity index (χ0) is 18.6. The number of hydrogen-bond acceptors (Lipinski definition) is 4. The zero-order valence-electron chi connectivity index (χ0n) is 14.1. The van der Waals surface area contributed by atoms with Crippen molar-refractivity contribution in [3.63, 3.8) is 0 Å². The Morgan fingerprint density at radius 1 is 1.16 bits per heavy atom. The molecule has 1 amide bonds. The van der Waals surface area contributed by atoms with Crippen molar-refractivity contribution in [2.45, 2.75) is 13.0 Å². The molecule has 0 spiro atoms. The van der Waals surface area contributed by atoms with E-state index in [1.807, 2.05) is 0 Å². The topological polar surface area (TPSA) is 75.7 Å². The quantitative estimate of drug-likeness (QED) is 0.853. The average molecular weight is 366 g/mol. The first kappa shape index (κ1) is 18.7. The third-order valence-electron chi connectivity index (χ3n) is 3.51. The van der Waals surface area contributed by atoms with Crippen molar-refractivity contribution in [1.82, 2.24) is 0 Å². The van der Waals surface area contributed by atoms with Crippen LogP contribution in [0.5, 0.6) is 5.75 Å². The highest BCUT2D eigenvalue weighted by molar-refractivity contribution is 7.92. The normalized spacial score (nSPS) is 12.3. The molecule has 8 heteroatoms. The summed E-state index contributed by atoms with van der Waals surface area (Å²) in [6.07, 6.45) is 0.241. The Morgan fingerprint density at radius 3 is 2.32 bits per heavy atom. The minimum Gasteiger partial charge on any atom is -0.481 e. The van der Waals surface area contributed by atoms with Crippen LogP contribution in [0.3, 0.4) is 0 Å². The van der Waals surface area contributed by atoms with Crippen molar-refractivity contribution in [2.24, 2.45) is 0 Å². The first-order valence-corrected chi connectivity index (χ1v) is 9.29. The maximum Gasteiger partial charge on any atom is 0.265 e. The number of para-hydroxylation sites is 1. The van der Waals surface area contributed by atoms with Gasteiger partial charge in [0.15, 0.2) is 6.10 Å². The van der Waals surface area contributed by atoms with Gasteiger partial charge in [-0.15, -0.1) is 0 Å². The number of ether oxygens (including phenoxy) is 1. The number of carbonyl (C=O) groups is 1. The van der Waals surface area contributed by atoms with Crippen molar-refractivity contribution in [3.05, 3.63) is 54.3 Å². The molecule has 134 valence electrons. The molecule has 0 aliphatic heterocycles. The van der Waals surface area contributed by atoms with E-state index in [0.29, 0.717) is 11.4 Å². The van der Waals surface area contributed by atoms with Gasteiger partial charge < -0.3 is 10.1 Å². The Labute approximate surface area is 146 Å². The van der Waals surface area contributed by atoms with E-state index in [4.69, 9.17) is 4.74 Å². The standard InChI is InChI=1S/C17H19FN2O4S/c1-12(17(21)19-16-7-5-4-6-15(16)18)24-14-10-8-13(9-11-14)20(2)25(3,22)23/h4-12H,1-3H3,(H,19,21)/t12-/m0/s1. The first-order valence-electron chi connectivity index (χ1n) is 7.44. The van der Waals surface area contributed by atoms with Crippen LogP contribution in [0, 0.1) is 5.82 Å². The van der Waals surface area contributed by atoms with Crippen LogP contribution in [0.2, 0.25) is 0 Å². The van der Waals surface area contributed by atoms with Gasteiger partial charge in [-0.1, -0.05) is 12.1 Å². The van der Waals surface area contributed by atoms with Gasteiger partial charge >= 0.3 is 0 Å². The Kier molecular flexibility index (Phi) is 5.63. The summed E-state index contributed by atoms with van der Waals surface area (Å²) in [5.74, 6) is -0.638. The summed E-state index contributed by atoms with van der Waals surface area (Å²) in [5, 5.41) is 2.45. The van der Waals surface area contributed by atoms with Crippen LogP contribution in [-0.4, -0.2) is 33.7 Å². The molecule has 0 saturated heterocycles. The molecule has 0 bridgehead atoms. The average Bonchev–Trinajstić information content (AvgIpc) is 2.56. The smallest absolute Gasteiger partial charge is 0.265 e. The molecule has 0 aromatic heterocycles. The summed E-state index contributed by atoms with van der Waals surface area (Å²) >= 11 is 0. The van der Waals surface area contributed by atoms with Crippen LogP contribution in [0.4, 0.5) is 15.8 Å². The molecule has 2 rings (SSSR count). The van der Waals surface area contributed by atoms with Gasteiger partial charge in [0.2, 0.25) is 10.0 Å². The number of rotatable bonds is 6. The number of nitrogens with zero attached hydrogens (tertiary/aromatic N) is 1. The predicted octanol–water partition coefficient (Wildman–Crippen LogP) is 2.63. The molecular weight excluding hydrogens is 347 g/mol. The number of halogens is 1. The molecule has 0 radical (unpaired) electrons. The van der Waals surface area contributed by atoms with Gasteiger partial charge in [-0.05, 0) is 43.3 Å². The van der Waals surface area contributed by atoms with Crippen LogP contribution in [0.1, 0.15) is 6.92 Å². The predicted molar refractivity (Wildman–Crippen MR) is 94.8 cm³/mol. The van der Waals surface area contributed by atoms with Crippen LogP contribution in [0.15, 0.2) is 48.5 Å². The van der Waals surface area contributed by atoms with Gasteiger partial charge in [-0.2, -0.15) is 0 Å². The third kappa shape index (κ3) is 4.93. The fourth-order valence-electron chi connectivity index (χ4n) is 1.98. The Hall–Kier alpha value is -2.61. The van der Waals surface area contributed by atoms with Crippen molar-refractivity contribution in [1.29, 1.82) is 0 Å². The van der Waals surface area contributed by atoms with Gasteiger partial charge in [0.05, 0.1) is 17.6 Å². The van der Waals surface area contributed by atoms with Gasteiger partial charge in [0, 0.05) is 7.05 Å². The molecule has 1 N–H and O–H groups in total. The van der Waals surface area contributed by atoms with E-state index in [-0.39, 0.29) is 5.69 Å². The minimum atomic E-state index is -3.35. The lowest BCUT2D eigenvalue weighted by Crippen LogP contribution is -2.30. The summed E-state index contributed by atoms with van der Waals surface area (Å²) in [5.41, 5.74) is 0.548. The van der Waals surface area contributed by atoms with Gasteiger partial charge in [-0.25, -0.2) is 12.8 Å². The molecular formula is C17H19FN2O4S. The summed E-state index contributed by atoms with van der Waals surface area (Å²) in [7, 11) is -1.91. The van der Waals surface area contributed by atoms with E-state index in [0.717, 1.165) is 10.6 Å². The van der Waals surface area contributed by atoms with Crippen LogP contribution in [-0.2, 0) is 14.8 Å². The van der Waals surface area contributed by atoms with E-state index in [1.165, 1.54) is 32.2 Å². The van der Waals surface area contributed by atoms with E-state index >= 15 is 0 Å². The highest BCUT2D eigenvalue weighted by atomic mass is 32.2. The Morgan fingerprint density at radius 2 is 1.76 bits per heavy atom. The number of amides is 1. The van der Waals surface area contributed by atoms with Crippen molar-refractivity contribution in [3.8, 4) is 5.75 Å². The molecule has 2 aromatic rings. The number of carbonyl (C=O) groups excluding carboxylic acids is 1. The molecule has 2 aromatic carbocycles. The lowest BCUT2D eigenvalue weighted by atomic mass is 10.2. The zero-order valence-corrected chi connectivity index (χ0v) is 14.9. The number of sulfonamides is 1. The molecule has 0 saturated carbocycles. The maximum atomic E-state index is 13.5. The highest BCUT2D eigenvalue weighted by Gasteiger charge is 2.17. The summed E-state index contributed by atoms with van der Waals surface area (Å²) in [6, 6.07) is 12.1. The molecule has 25 heavy (non-hydrogen) atoms. The summed E-state index contributed by atoms with van der Waals surface area (Å²) in [6.45, 7) is 1.53. The molecule has 0 aliphatic carbocycles.